The molecule has 4 aromatic rings. The van der Waals surface area contributed by atoms with Gasteiger partial charge in [0.05, 0.1) is 34.2 Å². The quantitative estimate of drug-likeness (QED) is 0.0735. The molecule has 14 heteroatoms. The number of methoxy groups -OCH3 is 1. The Morgan fingerprint density at radius 1 is 0.978 bits per heavy atom. The number of hydrogen-bond acceptors (Lipinski definition) is 9. The summed E-state index contributed by atoms with van der Waals surface area (Å²) in [6.45, 7) is -2.79. The molecule has 0 bridgehead atoms. The van der Waals surface area contributed by atoms with Crippen molar-refractivity contribution in [3.8, 4) is 28.7 Å². The highest BCUT2D eigenvalue weighted by Crippen LogP contribution is 2.39. The zero-order chi connectivity index (χ0) is 32.8. The van der Waals surface area contributed by atoms with E-state index in [4.69, 9.17) is 42.1 Å². The van der Waals surface area contributed by atoms with Crippen LogP contribution in [0.15, 0.2) is 73.1 Å². The molecule has 0 N–H and O–H groups in total. The molecule has 0 aliphatic heterocycles. The van der Waals surface area contributed by atoms with E-state index in [1.54, 1.807) is 18.2 Å². The molecule has 3 aromatic carbocycles. The molecule has 1 aliphatic carbocycles. The van der Waals surface area contributed by atoms with E-state index in [0.717, 1.165) is 12.8 Å². The normalized spacial score (nSPS) is 13.2. The molecule has 0 radical (unpaired) electrons. The number of esters is 1. The molecule has 0 spiro atoms. The lowest BCUT2D eigenvalue weighted by atomic mass is 10.0. The van der Waals surface area contributed by atoms with Gasteiger partial charge in [0.15, 0.2) is 23.0 Å². The molecule has 10 nitrogen and oxygen atoms in total. The number of hydrogen-bond donors (Lipinski definition) is 0. The molecule has 46 heavy (non-hydrogen) atoms. The fraction of sp³-hybridized carbons (Fsp3) is 0.250. The maximum atomic E-state index is 13.6. The molecule has 1 atom stereocenters. The summed E-state index contributed by atoms with van der Waals surface area (Å²) in [5.41, 5.74) is 0.832. The Labute approximate surface area is 271 Å². The van der Waals surface area contributed by atoms with Gasteiger partial charge in [-0.05, 0) is 72.4 Å². The minimum absolute atomic E-state index is 0.0124. The van der Waals surface area contributed by atoms with Crippen LogP contribution in [-0.2, 0) is 11.2 Å². The number of nitro benzene ring substituents is 1. The number of alkyl halides is 2. The topological polar surface area (TPSA) is 119 Å². The summed E-state index contributed by atoms with van der Waals surface area (Å²) < 4.78 is 53.8. The second-order valence-electron chi connectivity index (χ2n) is 10.2. The van der Waals surface area contributed by atoms with Crippen LogP contribution in [0.25, 0.3) is 0 Å². The Kier molecular flexibility index (Phi) is 10.4. The van der Waals surface area contributed by atoms with Gasteiger partial charge >= 0.3 is 12.6 Å². The molecule has 1 fully saturated rings. The van der Waals surface area contributed by atoms with Crippen LogP contribution in [0.3, 0.4) is 0 Å². The van der Waals surface area contributed by atoms with E-state index in [0.29, 0.717) is 35.2 Å². The van der Waals surface area contributed by atoms with Gasteiger partial charge in [-0.1, -0.05) is 29.3 Å². The van der Waals surface area contributed by atoms with Gasteiger partial charge in [-0.15, -0.1) is 0 Å². The molecule has 1 heterocycles. The molecule has 1 unspecified atom stereocenters. The number of benzene rings is 3. The lowest BCUT2D eigenvalue weighted by molar-refractivity contribution is -0.384. The zero-order valence-corrected chi connectivity index (χ0v) is 25.7. The summed E-state index contributed by atoms with van der Waals surface area (Å²) in [7, 11) is 1.44. The maximum Gasteiger partial charge on any atom is 0.387 e. The number of nitro groups is 1. The Hall–Kier alpha value is -4.68. The Morgan fingerprint density at radius 2 is 1.67 bits per heavy atom. The first kappa shape index (κ1) is 32.7. The van der Waals surface area contributed by atoms with Crippen LogP contribution in [-0.4, -0.2) is 36.2 Å². The Morgan fingerprint density at radius 3 is 2.30 bits per heavy atom. The second kappa shape index (κ2) is 14.6. The van der Waals surface area contributed by atoms with Gasteiger partial charge in [0.25, 0.3) is 5.69 Å². The van der Waals surface area contributed by atoms with E-state index in [1.807, 2.05) is 0 Å². The monoisotopic (exact) mass is 674 g/mol. The third-order valence-electron chi connectivity index (χ3n) is 6.99. The number of non-ortho nitro benzene ring substituents is 1. The molecule has 1 aromatic heterocycles. The summed E-state index contributed by atoms with van der Waals surface area (Å²) in [5, 5.41) is 11.5. The third-order valence-corrected chi connectivity index (χ3v) is 7.64. The lowest BCUT2D eigenvalue weighted by Gasteiger charge is -2.22. The van der Waals surface area contributed by atoms with Crippen molar-refractivity contribution in [2.75, 3.05) is 13.7 Å². The fourth-order valence-corrected chi connectivity index (χ4v) is 4.93. The largest absolute Gasteiger partial charge is 0.493 e. The summed E-state index contributed by atoms with van der Waals surface area (Å²) in [5.74, 6) is 0.153. The highest BCUT2D eigenvalue weighted by atomic mass is 35.5. The number of carbonyl (C=O) groups excluding carboxylic acids is 1. The first-order chi connectivity index (χ1) is 22.1. The van der Waals surface area contributed by atoms with E-state index in [1.165, 1.54) is 62.0 Å². The van der Waals surface area contributed by atoms with Crippen LogP contribution >= 0.6 is 23.2 Å². The van der Waals surface area contributed by atoms with Gasteiger partial charge in [0, 0.05) is 30.9 Å². The highest BCUT2D eigenvalue weighted by Gasteiger charge is 2.26. The predicted octanol–water partition coefficient (Wildman–Crippen LogP) is 8.63. The van der Waals surface area contributed by atoms with E-state index in [-0.39, 0.29) is 45.0 Å². The SMILES string of the molecule is COc1ccc(C(Cc2c(Cl)cncc2Cl)OC(=O)c2ccc(OC(F)F)c(OCC3CC3)c2)cc1Oc1ccc([N+](=O)[O-])cc1. The van der Waals surface area contributed by atoms with Crippen molar-refractivity contribution in [2.24, 2.45) is 5.92 Å². The van der Waals surface area contributed by atoms with Gasteiger partial charge in [-0.2, -0.15) is 8.78 Å². The van der Waals surface area contributed by atoms with Crippen molar-refractivity contribution in [1.29, 1.82) is 0 Å². The minimum Gasteiger partial charge on any atom is -0.493 e. The third kappa shape index (κ3) is 8.32. The van der Waals surface area contributed by atoms with E-state index < -0.39 is 23.6 Å². The Balaban J connectivity index is 1.47. The van der Waals surface area contributed by atoms with Crippen molar-refractivity contribution in [2.45, 2.75) is 32.0 Å². The summed E-state index contributed by atoms with van der Waals surface area (Å²) >= 11 is 12.8. The molecule has 5 rings (SSSR count). The first-order valence-corrected chi connectivity index (χ1v) is 14.7. The number of halogens is 4. The zero-order valence-electron chi connectivity index (χ0n) is 24.2. The van der Waals surface area contributed by atoms with E-state index in [9.17, 15) is 23.7 Å². The van der Waals surface area contributed by atoms with Gasteiger partial charge in [0.2, 0.25) is 0 Å². The van der Waals surface area contributed by atoms with Crippen LogP contribution < -0.4 is 18.9 Å². The minimum atomic E-state index is -3.09. The van der Waals surface area contributed by atoms with Crippen LogP contribution in [0.2, 0.25) is 10.0 Å². The van der Waals surface area contributed by atoms with Gasteiger partial charge in [0.1, 0.15) is 11.9 Å². The average molecular weight is 675 g/mol. The molecule has 240 valence electrons. The molecular weight excluding hydrogens is 649 g/mol. The number of nitrogens with zero attached hydrogens (tertiary/aromatic N) is 2. The van der Waals surface area contributed by atoms with Crippen LogP contribution in [0.4, 0.5) is 14.5 Å². The highest BCUT2D eigenvalue weighted by molar-refractivity contribution is 6.35. The van der Waals surface area contributed by atoms with Crippen LogP contribution in [0.1, 0.15) is 40.4 Å². The second-order valence-corrected chi connectivity index (χ2v) is 11.1. The molecule has 0 saturated heterocycles. The molecule has 1 saturated carbocycles. The summed E-state index contributed by atoms with van der Waals surface area (Å²) in [6.07, 6.45) is 3.77. The fourth-order valence-electron chi connectivity index (χ4n) is 4.41. The van der Waals surface area contributed by atoms with Crippen molar-refractivity contribution in [3.05, 3.63) is 110 Å². The average Bonchev–Trinajstić information content (AvgIpc) is 3.86. The van der Waals surface area contributed by atoms with E-state index in [2.05, 4.69) is 9.72 Å². The van der Waals surface area contributed by atoms with Crippen molar-refractivity contribution in [3.63, 3.8) is 0 Å². The van der Waals surface area contributed by atoms with Crippen molar-refractivity contribution < 1.29 is 42.2 Å². The molecular formula is C32H26Cl2F2N2O8. The number of pyridine rings is 1. The number of carbonyl (C=O) groups is 1. The van der Waals surface area contributed by atoms with Gasteiger partial charge in [-0.25, -0.2) is 4.79 Å². The van der Waals surface area contributed by atoms with Crippen LogP contribution in [0, 0.1) is 16.0 Å². The predicted molar refractivity (Wildman–Crippen MR) is 164 cm³/mol. The summed E-state index contributed by atoms with van der Waals surface area (Å²) in [6, 6.07) is 14.1. The van der Waals surface area contributed by atoms with Gasteiger partial charge in [-0.3, -0.25) is 15.1 Å². The van der Waals surface area contributed by atoms with E-state index >= 15 is 0 Å². The summed E-state index contributed by atoms with van der Waals surface area (Å²) in [4.78, 5) is 28.1. The standard InChI is InChI=1S/C32H26Cl2F2N2O8/c1-42-26-10-4-19(12-30(26)44-22-8-6-21(7-9-22)38(40)41)28(14-23-24(33)15-37-16-25(23)34)45-31(39)20-5-11-27(46-32(35)36)29(13-20)43-17-18-2-3-18/h4-13,15-16,18,28,32H,2-3,14,17H2,1H3. The molecule has 1 aliphatic rings. The Bertz CT molecular complexity index is 1700. The van der Waals surface area contributed by atoms with Crippen LogP contribution in [0.5, 0.6) is 28.7 Å². The number of ether oxygens (including phenoxy) is 5. The maximum absolute atomic E-state index is 13.6. The number of aromatic nitrogens is 1. The smallest absolute Gasteiger partial charge is 0.387 e. The first-order valence-electron chi connectivity index (χ1n) is 13.9. The lowest BCUT2D eigenvalue weighted by Crippen LogP contribution is -2.15. The van der Waals surface area contributed by atoms with Crippen molar-refractivity contribution >= 4 is 34.9 Å². The number of rotatable bonds is 14. The van der Waals surface area contributed by atoms with Crippen molar-refractivity contribution in [1.82, 2.24) is 4.98 Å². The van der Waals surface area contributed by atoms with Gasteiger partial charge < -0.3 is 23.7 Å². The molecule has 0 amide bonds.